The number of benzene rings is 1. The van der Waals surface area contributed by atoms with Gasteiger partial charge in [-0.25, -0.2) is 9.59 Å². The lowest BCUT2D eigenvalue weighted by atomic mass is 10.1. The molecular weight excluding hydrogens is 320 g/mol. The molecule has 2 aromatic rings. The van der Waals surface area contributed by atoms with Crippen molar-refractivity contribution in [2.45, 2.75) is 27.7 Å². The molecule has 1 N–H and O–H groups in total. The topological polar surface area (TPSA) is 69.6 Å². The Bertz CT molecular complexity index is 814. The standard InChI is InChI=1S/C19H24N2O4/c1-6-24-18(22)16(19(23)25-7-2)11-20-14-8-9-17-15(10-14)12(3)13(4)21(17)5/h8-11,20H,6-7H2,1-5H3. The maximum Gasteiger partial charge on any atom is 0.347 e. The predicted molar refractivity (Wildman–Crippen MR) is 97.4 cm³/mol. The summed E-state index contributed by atoms with van der Waals surface area (Å²) >= 11 is 0. The minimum Gasteiger partial charge on any atom is -0.462 e. The van der Waals surface area contributed by atoms with Gasteiger partial charge in [-0.3, -0.25) is 0 Å². The minimum atomic E-state index is -0.707. The van der Waals surface area contributed by atoms with Crippen LogP contribution in [0.3, 0.4) is 0 Å². The Balaban J connectivity index is 2.33. The van der Waals surface area contributed by atoms with Crippen LogP contribution in [0.5, 0.6) is 0 Å². The van der Waals surface area contributed by atoms with Crippen LogP contribution < -0.4 is 5.32 Å². The average Bonchev–Trinajstić information content (AvgIpc) is 2.80. The molecule has 6 heteroatoms. The summed E-state index contributed by atoms with van der Waals surface area (Å²) in [6.45, 7) is 7.88. The highest BCUT2D eigenvalue weighted by atomic mass is 16.6. The molecule has 1 heterocycles. The van der Waals surface area contributed by atoms with E-state index in [0.29, 0.717) is 0 Å². The number of nitrogens with one attached hydrogen (secondary N) is 1. The summed E-state index contributed by atoms with van der Waals surface area (Å²) in [5, 5.41) is 4.12. The van der Waals surface area contributed by atoms with Gasteiger partial charge in [0.05, 0.1) is 13.2 Å². The van der Waals surface area contributed by atoms with Gasteiger partial charge in [-0.15, -0.1) is 0 Å². The number of hydrogen-bond acceptors (Lipinski definition) is 5. The first kappa shape index (κ1) is 18.6. The van der Waals surface area contributed by atoms with Gasteiger partial charge in [0.15, 0.2) is 5.57 Å². The lowest BCUT2D eigenvalue weighted by Crippen LogP contribution is -2.19. The van der Waals surface area contributed by atoms with Gasteiger partial charge in [0.25, 0.3) is 0 Å². The summed E-state index contributed by atoms with van der Waals surface area (Å²) < 4.78 is 12.0. The molecular formula is C19H24N2O4. The second kappa shape index (κ2) is 7.88. The number of fused-ring (bicyclic) bond motifs is 1. The third-order valence-electron chi connectivity index (χ3n) is 4.18. The summed E-state index contributed by atoms with van der Waals surface area (Å²) in [4.78, 5) is 23.9. The van der Waals surface area contributed by atoms with E-state index >= 15 is 0 Å². The normalized spacial score (nSPS) is 10.4. The van der Waals surface area contributed by atoms with Gasteiger partial charge in [0.2, 0.25) is 0 Å². The molecule has 1 aromatic carbocycles. The van der Waals surface area contributed by atoms with Crippen LogP contribution in [0.4, 0.5) is 5.69 Å². The van der Waals surface area contributed by atoms with Crippen LogP contribution in [0, 0.1) is 13.8 Å². The first-order chi connectivity index (χ1) is 11.9. The third-order valence-corrected chi connectivity index (χ3v) is 4.18. The van der Waals surface area contributed by atoms with Crippen LogP contribution in [-0.2, 0) is 26.1 Å². The maximum atomic E-state index is 12.0. The summed E-state index contributed by atoms with van der Waals surface area (Å²) in [6, 6.07) is 5.88. The van der Waals surface area contributed by atoms with Crippen molar-refractivity contribution in [2.75, 3.05) is 18.5 Å². The van der Waals surface area contributed by atoms with E-state index in [1.54, 1.807) is 13.8 Å². The Kier molecular flexibility index (Phi) is 5.85. The third kappa shape index (κ3) is 3.84. The first-order valence-corrected chi connectivity index (χ1v) is 8.27. The minimum absolute atomic E-state index is 0.162. The number of nitrogens with zero attached hydrogens (tertiary/aromatic N) is 1. The molecule has 0 aliphatic rings. The van der Waals surface area contributed by atoms with Crippen LogP contribution in [0.25, 0.3) is 10.9 Å². The van der Waals surface area contributed by atoms with Gasteiger partial charge >= 0.3 is 11.9 Å². The zero-order valence-corrected chi connectivity index (χ0v) is 15.3. The second-order valence-corrected chi connectivity index (χ2v) is 5.64. The SMILES string of the molecule is CCOC(=O)C(=CNc1ccc2c(c1)c(C)c(C)n2C)C(=O)OCC. The summed E-state index contributed by atoms with van der Waals surface area (Å²) in [5.41, 5.74) is 4.13. The Hall–Kier alpha value is -2.76. The van der Waals surface area contributed by atoms with Crippen LogP contribution in [0.1, 0.15) is 25.1 Å². The van der Waals surface area contributed by atoms with Crippen LogP contribution in [-0.4, -0.2) is 29.7 Å². The van der Waals surface area contributed by atoms with E-state index in [1.165, 1.54) is 17.5 Å². The lowest BCUT2D eigenvalue weighted by Gasteiger charge is -2.08. The molecule has 0 fully saturated rings. The number of aromatic nitrogens is 1. The number of anilines is 1. The van der Waals surface area contributed by atoms with E-state index < -0.39 is 11.9 Å². The van der Waals surface area contributed by atoms with Gasteiger partial charge in [-0.05, 0) is 51.5 Å². The number of hydrogen-bond donors (Lipinski definition) is 1. The quantitative estimate of drug-likeness (QED) is 0.377. The van der Waals surface area contributed by atoms with Crippen LogP contribution in [0.15, 0.2) is 30.0 Å². The number of ether oxygens (including phenoxy) is 2. The number of esters is 2. The van der Waals surface area contributed by atoms with Crippen LogP contribution >= 0.6 is 0 Å². The fraction of sp³-hybridized carbons (Fsp3) is 0.368. The van der Waals surface area contributed by atoms with Crippen molar-refractivity contribution in [3.05, 3.63) is 41.2 Å². The molecule has 2 rings (SSSR count). The van der Waals surface area contributed by atoms with Gasteiger partial charge in [0, 0.05) is 35.5 Å². The fourth-order valence-corrected chi connectivity index (χ4v) is 2.62. The molecule has 0 atom stereocenters. The number of rotatable bonds is 6. The smallest absolute Gasteiger partial charge is 0.347 e. The van der Waals surface area contributed by atoms with Gasteiger partial charge in [-0.1, -0.05) is 0 Å². The lowest BCUT2D eigenvalue weighted by molar-refractivity contribution is -0.146. The zero-order chi connectivity index (χ0) is 18.6. The number of aryl methyl sites for hydroxylation is 2. The van der Waals surface area contributed by atoms with Crippen molar-refractivity contribution in [3.63, 3.8) is 0 Å². The molecule has 0 aliphatic heterocycles. The number of carbonyl (C=O) groups is 2. The second-order valence-electron chi connectivity index (χ2n) is 5.64. The summed E-state index contributed by atoms with van der Waals surface area (Å²) in [7, 11) is 2.03. The van der Waals surface area contributed by atoms with Crippen molar-refractivity contribution in [2.24, 2.45) is 7.05 Å². The predicted octanol–water partition coefficient (Wildman–Crippen LogP) is 3.22. The molecule has 0 aliphatic carbocycles. The van der Waals surface area contributed by atoms with E-state index in [9.17, 15) is 9.59 Å². The highest BCUT2D eigenvalue weighted by Crippen LogP contribution is 2.27. The summed E-state index contributed by atoms with van der Waals surface area (Å²) in [6.07, 6.45) is 1.34. The maximum absolute atomic E-state index is 12.0. The molecule has 0 bridgehead atoms. The van der Waals surface area contributed by atoms with E-state index in [1.807, 2.05) is 25.2 Å². The summed E-state index contributed by atoms with van der Waals surface area (Å²) in [5.74, 6) is -1.41. The van der Waals surface area contributed by atoms with E-state index in [2.05, 4.69) is 23.7 Å². The molecule has 0 radical (unpaired) electrons. The Labute approximate surface area is 147 Å². The van der Waals surface area contributed by atoms with Gasteiger partial charge < -0.3 is 19.4 Å². The molecule has 6 nitrogen and oxygen atoms in total. The van der Waals surface area contributed by atoms with E-state index in [-0.39, 0.29) is 18.8 Å². The molecule has 134 valence electrons. The van der Waals surface area contributed by atoms with Gasteiger partial charge in [-0.2, -0.15) is 0 Å². The van der Waals surface area contributed by atoms with Crippen LogP contribution in [0.2, 0.25) is 0 Å². The van der Waals surface area contributed by atoms with Gasteiger partial charge in [0.1, 0.15) is 0 Å². The first-order valence-electron chi connectivity index (χ1n) is 8.27. The monoisotopic (exact) mass is 344 g/mol. The van der Waals surface area contributed by atoms with Crippen molar-refractivity contribution < 1.29 is 19.1 Å². The molecule has 0 unspecified atom stereocenters. The Morgan fingerprint density at radius 1 is 1.12 bits per heavy atom. The van der Waals surface area contributed by atoms with E-state index in [0.717, 1.165) is 16.6 Å². The van der Waals surface area contributed by atoms with Crippen molar-refractivity contribution in [1.82, 2.24) is 4.57 Å². The van der Waals surface area contributed by atoms with Crippen molar-refractivity contribution in [1.29, 1.82) is 0 Å². The zero-order valence-electron chi connectivity index (χ0n) is 15.3. The molecule has 25 heavy (non-hydrogen) atoms. The Morgan fingerprint density at radius 2 is 1.72 bits per heavy atom. The van der Waals surface area contributed by atoms with E-state index in [4.69, 9.17) is 9.47 Å². The molecule has 1 aromatic heterocycles. The van der Waals surface area contributed by atoms with Crippen molar-refractivity contribution >= 4 is 28.5 Å². The molecule has 0 amide bonds. The van der Waals surface area contributed by atoms with Crippen molar-refractivity contribution in [3.8, 4) is 0 Å². The largest absolute Gasteiger partial charge is 0.462 e. The molecule has 0 spiro atoms. The average molecular weight is 344 g/mol. The fourth-order valence-electron chi connectivity index (χ4n) is 2.62. The number of carbonyl (C=O) groups excluding carboxylic acids is 2. The molecule has 0 saturated carbocycles. The molecule has 0 saturated heterocycles. The highest BCUT2D eigenvalue weighted by Gasteiger charge is 2.21. The Morgan fingerprint density at radius 3 is 2.28 bits per heavy atom. The highest BCUT2D eigenvalue weighted by molar-refractivity contribution is 6.14.